The van der Waals surface area contributed by atoms with Gasteiger partial charge in [0.05, 0.1) is 12.3 Å². The number of hydrogen-bond acceptors (Lipinski definition) is 4. The lowest BCUT2D eigenvalue weighted by atomic mass is 9.87. The lowest BCUT2D eigenvalue weighted by Crippen LogP contribution is -2.52. The monoisotopic (exact) mass is 519 g/mol. The first kappa shape index (κ1) is 28.6. The molecular formula is C28H45N3O4S. The van der Waals surface area contributed by atoms with E-state index in [-0.39, 0.29) is 42.0 Å². The van der Waals surface area contributed by atoms with Crippen LogP contribution in [-0.4, -0.2) is 72.3 Å². The van der Waals surface area contributed by atoms with E-state index in [9.17, 15) is 18.0 Å². The highest BCUT2D eigenvalue weighted by Gasteiger charge is 2.34. The zero-order chi connectivity index (χ0) is 26.1. The zero-order valence-corrected chi connectivity index (χ0v) is 23.2. The highest BCUT2D eigenvalue weighted by molar-refractivity contribution is 7.89. The van der Waals surface area contributed by atoms with Crippen molar-refractivity contribution in [3.05, 3.63) is 35.9 Å². The fourth-order valence-corrected chi connectivity index (χ4v) is 7.13. The molecule has 7 nitrogen and oxygen atoms in total. The van der Waals surface area contributed by atoms with Crippen LogP contribution in [0.25, 0.3) is 0 Å². The van der Waals surface area contributed by atoms with E-state index in [4.69, 9.17) is 0 Å². The maximum Gasteiger partial charge on any atom is 0.238 e. The quantitative estimate of drug-likeness (QED) is 0.437. The summed E-state index contributed by atoms with van der Waals surface area (Å²) in [5.74, 6) is 0.457. The van der Waals surface area contributed by atoms with Gasteiger partial charge in [0.2, 0.25) is 21.8 Å². The highest BCUT2D eigenvalue weighted by atomic mass is 32.2. The molecule has 2 amide bonds. The molecule has 8 heteroatoms. The third-order valence-electron chi connectivity index (χ3n) is 7.42. The fraction of sp³-hybridized carbons (Fsp3) is 0.714. The first-order valence-electron chi connectivity index (χ1n) is 13.8. The number of nitrogens with zero attached hydrogens (tertiary/aromatic N) is 3. The van der Waals surface area contributed by atoms with Gasteiger partial charge in [-0.15, -0.1) is 0 Å². The topological polar surface area (TPSA) is 78.0 Å². The second kappa shape index (κ2) is 13.6. The summed E-state index contributed by atoms with van der Waals surface area (Å²) in [6.45, 7) is 7.75. The molecule has 0 aromatic heterocycles. The van der Waals surface area contributed by atoms with Crippen molar-refractivity contribution in [2.75, 3.05) is 31.9 Å². The van der Waals surface area contributed by atoms with Gasteiger partial charge in [-0.05, 0) is 43.6 Å². The first-order valence-corrected chi connectivity index (χ1v) is 15.4. The van der Waals surface area contributed by atoms with Crippen LogP contribution in [0.2, 0.25) is 0 Å². The maximum atomic E-state index is 13.7. The molecule has 1 aromatic rings. The first-order chi connectivity index (χ1) is 17.2. The standard InChI is InChI=1S/C28H45N3O4S/c1-4-19-36(34,35)30(20-23(2)3)22-27(32)31(21-24-11-7-5-8-12-24)26-15-17-29(18-16-26)28(33)25-13-9-6-10-14-25/h5,7-8,11-12,23,25-26H,4,6,9-10,13-22H2,1-3H3. The summed E-state index contributed by atoms with van der Waals surface area (Å²) in [4.78, 5) is 30.6. The summed E-state index contributed by atoms with van der Waals surface area (Å²) in [5, 5.41) is 0. The van der Waals surface area contributed by atoms with Gasteiger partial charge in [0.15, 0.2) is 0 Å². The van der Waals surface area contributed by atoms with Gasteiger partial charge < -0.3 is 9.80 Å². The van der Waals surface area contributed by atoms with Crippen molar-refractivity contribution in [1.29, 1.82) is 0 Å². The molecule has 1 heterocycles. The Morgan fingerprint density at radius 3 is 2.22 bits per heavy atom. The number of amides is 2. The molecule has 2 fully saturated rings. The van der Waals surface area contributed by atoms with Crippen LogP contribution in [0.3, 0.4) is 0 Å². The van der Waals surface area contributed by atoms with E-state index in [1.165, 1.54) is 10.7 Å². The molecule has 3 rings (SSSR count). The van der Waals surface area contributed by atoms with Crippen LogP contribution >= 0.6 is 0 Å². The van der Waals surface area contributed by atoms with Gasteiger partial charge in [0.1, 0.15) is 0 Å². The number of carbonyl (C=O) groups excluding carboxylic acids is 2. The number of likely N-dealkylation sites (tertiary alicyclic amines) is 1. The Hall–Kier alpha value is -1.93. The minimum Gasteiger partial charge on any atom is -0.342 e. The minimum absolute atomic E-state index is 0.0112. The summed E-state index contributed by atoms with van der Waals surface area (Å²) in [5.41, 5.74) is 1.03. The molecule has 1 aliphatic heterocycles. The number of sulfonamides is 1. The Labute approximate surface area is 218 Å². The minimum atomic E-state index is -3.50. The van der Waals surface area contributed by atoms with Gasteiger partial charge in [-0.2, -0.15) is 4.31 Å². The normalized spacial score (nSPS) is 18.1. The molecule has 0 radical (unpaired) electrons. The van der Waals surface area contributed by atoms with Crippen molar-refractivity contribution in [1.82, 2.24) is 14.1 Å². The van der Waals surface area contributed by atoms with E-state index in [2.05, 4.69) is 0 Å². The molecule has 0 N–H and O–H groups in total. The highest BCUT2D eigenvalue weighted by Crippen LogP contribution is 2.28. The van der Waals surface area contributed by atoms with Crippen LogP contribution in [-0.2, 0) is 26.2 Å². The molecule has 0 unspecified atom stereocenters. The lowest BCUT2D eigenvalue weighted by molar-refractivity contribution is -0.140. The predicted molar refractivity (Wildman–Crippen MR) is 144 cm³/mol. The van der Waals surface area contributed by atoms with Gasteiger partial charge in [0.25, 0.3) is 0 Å². The predicted octanol–water partition coefficient (Wildman–Crippen LogP) is 4.28. The molecule has 0 bridgehead atoms. The number of benzene rings is 1. The number of rotatable bonds is 11. The Morgan fingerprint density at radius 1 is 1.00 bits per heavy atom. The second-order valence-electron chi connectivity index (χ2n) is 10.9. The van der Waals surface area contributed by atoms with Crippen LogP contribution in [0.15, 0.2) is 30.3 Å². The molecule has 1 saturated carbocycles. The number of hydrogen-bond donors (Lipinski definition) is 0. The van der Waals surface area contributed by atoms with Crippen LogP contribution < -0.4 is 0 Å². The molecule has 0 atom stereocenters. The van der Waals surface area contributed by atoms with Crippen LogP contribution in [0.4, 0.5) is 0 Å². The smallest absolute Gasteiger partial charge is 0.238 e. The Kier molecular flexibility index (Phi) is 10.8. The second-order valence-corrected chi connectivity index (χ2v) is 13.0. The Bertz CT molecular complexity index is 937. The zero-order valence-electron chi connectivity index (χ0n) is 22.4. The summed E-state index contributed by atoms with van der Waals surface area (Å²) in [6.07, 6.45) is 7.47. The van der Waals surface area contributed by atoms with Crippen LogP contribution in [0, 0.1) is 11.8 Å². The number of carbonyl (C=O) groups is 2. The van der Waals surface area contributed by atoms with Crippen LogP contribution in [0.5, 0.6) is 0 Å². The van der Waals surface area contributed by atoms with E-state index < -0.39 is 10.0 Å². The number of piperidine rings is 1. The summed E-state index contributed by atoms with van der Waals surface area (Å²) in [6, 6.07) is 9.86. The third-order valence-corrected chi connectivity index (χ3v) is 9.41. The average Bonchev–Trinajstić information content (AvgIpc) is 2.87. The van der Waals surface area contributed by atoms with E-state index in [0.717, 1.165) is 44.1 Å². The van der Waals surface area contributed by atoms with Gasteiger partial charge >= 0.3 is 0 Å². The lowest BCUT2D eigenvalue weighted by Gasteiger charge is -2.40. The van der Waals surface area contributed by atoms with Crippen molar-refractivity contribution < 1.29 is 18.0 Å². The molecule has 202 valence electrons. The van der Waals surface area contributed by atoms with Crippen molar-refractivity contribution in [2.45, 2.75) is 84.7 Å². The van der Waals surface area contributed by atoms with E-state index in [0.29, 0.717) is 32.6 Å². The van der Waals surface area contributed by atoms with Crippen molar-refractivity contribution in [2.24, 2.45) is 11.8 Å². The van der Waals surface area contributed by atoms with E-state index >= 15 is 0 Å². The van der Waals surface area contributed by atoms with Crippen LogP contribution in [0.1, 0.15) is 77.7 Å². The van der Waals surface area contributed by atoms with Gasteiger partial charge in [-0.25, -0.2) is 8.42 Å². The average molecular weight is 520 g/mol. The van der Waals surface area contributed by atoms with Gasteiger partial charge in [-0.3, -0.25) is 9.59 Å². The van der Waals surface area contributed by atoms with Crippen molar-refractivity contribution in [3.8, 4) is 0 Å². The Morgan fingerprint density at radius 2 is 1.64 bits per heavy atom. The summed E-state index contributed by atoms with van der Waals surface area (Å²) < 4.78 is 27.3. The maximum absolute atomic E-state index is 13.7. The largest absolute Gasteiger partial charge is 0.342 e. The van der Waals surface area contributed by atoms with Gasteiger partial charge in [-0.1, -0.05) is 70.4 Å². The molecule has 1 aromatic carbocycles. The van der Waals surface area contributed by atoms with Crippen molar-refractivity contribution in [3.63, 3.8) is 0 Å². The molecule has 0 spiro atoms. The molecule has 36 heavy (non-hydrogen) atoms. The molecule has 2 aliphatic rings. The Balaban J connectivity index is 1.73. The summed E-state index contributed by atoms with van der Waals surface area (Å²) >= 11 is 0. The molecule has 1 saturated heterocycles. The molecule has 1 aliphatic carbocycles. The van der Waals surface area contributed by atoms with Crippen molar-refractivity contribution >= 4 is 21.8 Å². The summed E-state index contributed by atoms with van der Waals surface area (Å²) in [7, 11) is -3.50. The third kappa shape index (κ3) is 8.04. The fourth-order valence-electron chi connectivity index (χ4n) is 5.52. The SMILES string of the molecule is CCCS(=O)(=O)N(CC(=O)N(Cc1ccccc1)C1CCN(C(=O)C2CCCCC2)CC1)CC(C)C. The molecular weight excluding hydrogens is 474 g/mol. The van der Waals surface area contributed by atoms with E-state index in [1.807, 2.05) is 60.9 Å². The van der Waals surface area contributed by atoms with E-state index in [1.54, 1.807) is 0 Å². The van der Waals surface area contributed by atoms with Gasteiger partial charge in [0, 0.05) is 38.1 Å².